The smallest absolute Gasteiger partial charge is 0.296 e. The van der Waals surface area contributed by atoms with Gasteiger partial charge in [0.05, 0.1) is 22.0 Å². The van der Waals surface area contributed by atoms with E-state index < -0.39 is 10.8 Å². The van der Waals surface area contributed by atoms with Gasteiger partial charge in [-0.2, -0.15) is 0 Å². The molecule has 0 atom stereocenters. The summed E-state index contributed by atoms with van der Waals surface area (Å²) in [5.41, 5.74) is 2.63. The highest BCUT2D eigenvalue weighted by Crippen LogP contribution is 2.35. The van der Waals surface area contributed by atoms with Crippen molar-refractivity contribution < 1.29 is 14.5 Å². The summed E-state index contributed by atoms with van der Waals surface area (Å²) in [6.07, 6.45) is 0. The molecule has 9 heteroatoms. The number of nitro groups is 1. The zero-order chi connectivity index (χ0) is 21.5. The van der Waals surface area contributed by atoms with Crippen LogP contribution in [0.25, 0.3) is 0 Å². The van der Waals surface area contributed by atoms with Crippen LogP contribution in [-0.2, 0) is 9.59 Å². The lowest BCUT2D eigenvalue weighted by molar-refractivity contribution is -0.384. The van der Waals surface area contributed by atoms with Gasteiger partial charge in [0.15, 0.2) is 0 Å². The molecule has 0 aromatic heterocycles. The Morgan fingerprint density at radius 3 is 1.87 bits per heavy atom. The number of rotatable bonds is 3. The molecule has 5 rings (SSSR count). The maximum Gasteiger partial charge on any atom is 0.296 e. The number of amides is 2. The third-order valence-electron chi connectivity index (χ3n) is 4.92. The van der Waals surface area contributed by atoms with Gasteiger partial charge in [0.2, 0.25) is 0 Å². The minimum absolute atomic E-state index is 0.0204. The maximum atomic E-state index is 12.3. The van der Waals surface area contributed by atoms with Crippen molar-refractivity contribution in [3.63, 3.8) is 0 Å². The molecule has 0 unspecified atom stereocenters. The normalized spacial score (nSPS) is 16.8. The first-order valence-corrected chi connectivity index (χ1v) is 9.28. The van der Waals surface area contributed by atoms with E-state index in [4.69, 9.17) is 0 Å². The predicted molar refractivity (Wildman–Crippen MR) is 116 cm³/mol. The second-order valence-electron chi connectivity index (χ2n) is 6.85. The summed E-state index contributed by atoms with van der Waals surface area (Å²) in [4.78, 5) is 44.2. The lowest BCUT2D eigenvalue weighted by Crippen LogP contribution is -2.14. The number of nitrogens with one attached hydrogen (secondary N) is 2. The molecular weight excluding hydrogens is 398 g/mol. The van der Waals surface area contributed by atoms with Crippen molar-refractivity contribution in [3.8, 4) is 0 Å². The molecule has 0 aliphatic carbocycles. The second-order valence-corrected chi connectivity index (χ2v) is 6.85. The highest BCUT2D eigenvalue weighted by atomic mass is 16.6. The summed E-state index contributed by atoms with van der Waals surface area (Å²) in [7, 11) is 0. The largest absolute Gasteiger partial charge is 0.320 e. The van der Waals surface area contributed by atoms with Crippen molar-refractivity contribution in [2.45, 2.75) is 0 Å². The number of para-hydroxylation sites is 2. The van der Waals surface area contributed by atoms with Gasteiger partial charge < -0.3 is 10.6 Å². The average Bonchev–Trinajstić information content (AvgIpc) is 3.25. The molecule has 9 nitrogen and oxygen atoms in total. The van der Waals surface area contributed by atoms with E-state index in [0.717, 1.165) is 0 Å². The van der Waals surface area contributed by atoms with E-state index in [2.05, 4.69) is 20.6 Å². The summed E-state index contributed by atoms with van der Waals surface area (Å²) in [5, 5.41) is 17.1. The minimum Gasteiger partial charge on any atom is -0.320 e. The molecule has 150 valence electrons. The average molecular weight is 411 g/mol. The van der Waals surface area contributed by atoms with E-state index >= 15 is 0 Å². The Hall–Kier alpha value is -4.66. The van der Waals surface area contributed by atoms with Crippen LogP contribution in [0, 0.1) is 10.1 Å². The van der Waals surface area contributed by atoms with Gasteiger partial charge in [-0.25, -0.2) is 9.98 Å². The number of fused-ring (bicyclic) bond motifs is 2. The van der Waals surface area contributed by atoms with Crippen molar-refractivity contribution in [1.29, 1.82) is 0 Å². The Morgan fingerprint density at radius 2 is 1.29 bits per heavy atom. The molecular formula is C22H13N5O4. The van der Waals surface area contributed by atoms with Gasteiger partial charge in [-0.3, -0.25) is 19.7 Å². The van der Waals surface area contributed by atoms with E-state index in [1.165, 1.54) is 18.2 Å². The lowest BCUT2D eigenvalue weighted by atomic mass is 10.1. The van der Waals surface area contributed by atoms with Crippen molar-refractivity contribution in [1.82, 2.24) is 0 Å². The number of benzene rings is 3. The fourth-order valence-electron chi connectivity index (χ4n) is 3.50. The summed E-state index contributed by atoms with van der Waals surface area (Å²) in [6.45, 7) is 0. The fraction of sp³-hybridized carbons (Fsp3) is 0. The first kappa shape index (κ1) is 18.4. The number of hydrogen-bond acceptors (Lipinski definition) is 6. The summed E-state index contributed by atoms with van der Waals surface area (Å²) < 4.78 is 0. The topological polar surface area (TPSA) is 126 Å². The van der Waals surface area contributed by atoms with Crippen LogP contribution in [0.2, 0.25) is 0 Å². The highest BCUT2D eigenvalue weighted by Gasteiger charge is 2.28. The van der Waals surface area contributed by atoms with Crippen molar-refractivity contribution in [2.24, 2.45) is 9.98 Å². The summed E-state index contributed by atoms with van der Waals surface area (Å²) >= 11 is 0. The molecule has 0 spiro atoms. The van der Waals surface area contributed by atoms with Gasteiger partial charge in [-0.1, -0.05) is 36.4 Å². The van der Waals surface area contributed by atoms with Crippen molar-refractivity contribution in [3.05, 3.63) is 88.0 Å². The van der Waals surface area contributed by atoms with Gasteiger partial charge in [0.25, 0.3) is 17.5 Å². The van der Waals surface area contributed by atoms with Crippen LogP contribution in [-0.4, -0.2) is 28.2 Å². The zero-order valence-corrected chi connectivity index (χ0v) is 15.8. The Morgan fingerprint density at radius 1 is 0.742 bits per heavy atom. The van der Waals surface area contributed by atoms with Crippen LogP contribution in [0.5, 0.6) is 0 Å². The van der Waals surface area contributed by atoms with Gasteiger partial charge in [0.1, 0.15) is 17.1 Å². The molecule has 3 aromatic rings. The minimum atomic E-state index is -0.593. The van der Waals surface area contributed by atoms with Gasteiger partial charge >= 0.3 is 0 Å². The molecule has 0 saturated carbocycles. The van der Waals surface area contributed by atoms with Gasteiger partial charge in [-0.15, -0.1) is 0 Å². The standard InChI is InChI=1S/C22H13N5O4/c28-21-19(13-5-1-3-7-15(13)25-21)23-12-9-10-17(18(11-12)27(30)31)24-20-14-6-2-4-8-16(14)26-22(20)29/h1-11H,(H,23,25,28)(H,24,26,29). The zero-order valence-electron chi connectivity index (χ0n) is 15.8. The van der Waals surface area contributed by atoms with Crippen LogP contribution in [0.15, 0.2) is 76.7 Å². The third kappa shape index (κ3) is 3.14. The molecule has 2 heterocycles. The molecule has 0 fully saturated rings. The molecule has 3 aromatic carbocycles. The maximum absolute atomic E-state index is 12.3. The molecule has 31 heavy (non-hydrogen) atoms. The Balaban J connectivity index is 1.58. The number of nitrogens with zero attached hydrogens (tertiary/aromatic N) is 3. The fourth-order valence-corrected chi connectivity index (χ4v) is 3.50. The molecule has 0 bridgehead atoms. The van der Waals surface area contributed by atoms with E-state index in [1.54, 1.807) is 48.5 Å². The van der Waals surface area contributed by atoms with Crippen molar-refractivity contribution >= 4 is 51.7 Å². The SMILES string of the molecule is O=C1Nc2ccccc2C1=Nc1ccc(N=C2C(=O)Nc3ccccc32)c([N+](=O)[O-])c1. The number of anilines is 2. The Bertz CT molecular complexity index is 1360. The van der Waals surface area contributed by atoms with E-state index in [-0.39, 0.29) is 34.4 Å². The Kier molecular flexibility index (Phi) is 4.14. The molecule has 2 aliphatic rings. The quantitative estimate of drug-likeness (QED) is 0.503. The van der Waals surface area contributed by atoms with Crippen LogP contribution >= 0.6 is 0 Å². The van der Waals surface area contributed by atoms with Gasteiger partial charge in [0, 0.05) is 17.2 Å². The van der Waals surface area contributed by atoms with Crippen LogP contribution < -0.4 is 10.6 Å². The molecule has 2 N–H and O–H groups in total. The number of hydrogen-bond donors (Lipinski definition) is 2. The van der Waals surface area contributed by atoms with Crippen LogP contribution in [0.3, 0.4) is 0 Å². The second kappa shape index (κ2) is 6.99. The Labute approximate surface area is 175 Å². The van der Waals surface area contributed by atoms with Crippen LogP contribution in [0.4, 0.5) is 28.4 Å². The van der Waals surface area contributed by atoms with E-state index in [9.17, 15) is 19.7 Å². The molecule has 2 amide bonds. The first-order chi connectivity index (χ1) is 15.0. The number of carbonyl (C=O) groups is 2. The van der Waals surface area contributed by atoms with Crippen LogP contribution in [0.1, 0.15) is 11.1 Å². The van der Waals surface area contributed by atoms with Crippen molar-refractivity contribution in [2.75, 3.05) is 10.6 Å². The molecule has 0 saturated heterocycles. The summed E-state index contributed by atoms with van der Waals surface area (Å²) in [5.74, 6) is -0.813. The predicted octanol–water partition coefficient (Wildman–Crippen LogP) is 3.74. The van der Waals surface area contributed by atoms with E-state index in [1.807, 2.05) is 0 Å². The lowest BCUT2D eigenvalue weighted by Gasteiger charge is -2.02. The first-order valence-electron chi connectivity index (χ1n) is 9.28. The highest BCUT2D eigenvalue weighted by molar-refractivity contribution is 6.54. The van der Waals surface area contributed by atoms with Gasteiger partial charge in [-0.05, 0) is 24.3 Å². The van der Waals surface area contributed by atoms with E-state index in [0.29, 0.717) is 22.5 Å². The molecule has 2 aliphatic heterocycles. The number of carbonyl (C=O) groups excluding carboxylic acids is 2. The molecule has 0 radical (unpaired) electrons. The third-order valence-corrected chi connectivity index (χ3v) is 4.92. The number of aliphatic imine (C=N–C) groups is 2. The monoisotopic (exact) mass is 411 g/mol. The number of nitro benzene ring substituents is 1. The summed E-state index contributed by atoms with van der Waals surface area (Å²) in [6, 6.07) is 18.2.